The quantitative estimate of drug-likeness (QED) is 0.763. The predicted octanol–water partition coefficient (Wildman–Crippen LogP) is 1.56. The Morgan fingerprint density at radius 1 is 1.33 bits per heavy atom. The van der Waals surface area contributed by atoms with Crippen LogP contribution in [0.1, 0.15) is 17.3 Å². The standard InChI is InChI=1S/C11H12O4/c1-8(10(12)13)7-15-11(14)9-5-3-2-4-6-9/h2-6,8H,7H2,1H3,(H,12,13)/t8-/m1/s1. The first-order chi connectivity index (χ1) is 7.11. The molecule has 1 aromatic rings. The first-order valence-corrected chi connectivity index (χ1v) is 4.56. The lowest BCUT2D eigenvalue weighted by molar-refractivity contribution is -0.142. The highest BCUT2D eigenvalue weighted by molar-refractivity contribution is 5.89. The second kappa shape index (κ2) is 5.14. The fourth-order valence-corrected chi connectivity index (χ4v) is 0.930. The lowest BCUT2D eigenvalue weighted by Crippen LogP contribution is -2.18. The van der Waals surface area contributed by atoms with Crippen LogP contribution < -0.4 is 0 Å². The van der Waals surface area contributed by atoms with Crippen molar-refractivity contribution in [2.45, 2.75) is 6.92 Å². The van der Waals surface area contributed by atoms with Gasteiger partial charge in [0.25, 0.3) is 0 Å². The average Bonchev–Trinajstić information content (AvgIpc) is 2.26. The van der Waals surface area contributed by atoms with E-state index < -0.39 is 17.9 Å². The first-order valence-electron chi connectivity index (χ1n) is 4.56. The molecular formula is C11H12O4. The van der Waals surface area contributed by atoms with Crippen LogP contribution in [0.5, 0.6) is 0 Å². The maximum atomic E-state index is 11.4. The molecule has 0 unspecified atom stereocenters. The van der Waals surface area contributed by atoms with Crippen molar-refractivity contribution in [3.63, 3.8) is 0 Å². The zero-order valence-electron chi connectivity index (χ0n) is 8.34. The fraction of sp³-hybridized carbons (Fsp3) is 0.273. The molecule has 0 amide bonds. The molecule has 0 aliphatic heterocycles. The summed E-state index contributed by atoms with van der Waals surface area (Å²) < 4.78 is 4.83. The van der Waals surface area contributed by atoms with Crippen molar-refractivity contribution in [2.75, 3.05) is 6.61 Å². The molecule has 0 heterocycles. The summed E-state index contributed by atoms with van der Waals surface area (Å²) in [5, 5.41) is 8.57. The molecule has 0 fully saturated rings. The molecular weight excluding hydrogens is 196 g/mol. The molecule has 80 valence electrons. The van der Waals surface area contributed by atoms with Gasteiger partial charge in [-0.05, 0) is 19.1 Å². The summed E-state index contributed by atoms with van der Waals surface area (Å²) in [5.74, 6) is -2.16. The predicted molar refractivity (Wildman–Crippen MR) is 53.5 cm³/mol. The monoisotopic (exact) mass is 208 g/mol. The number of carbonyl (C=O) groups is 2. The van der Waals surface area contributed by atoms with Crippen molar-refractivity contribution in [1.82, 2.24) is 0 Å². The van der Waals surface area contributed by atoms with E-state index in [0.29, 0.717) is 5.56 Å². The third-order valence-corrected chi connectivity index (χ3v) is 1.90. The van der Waals surface area contributed by atoms with Crippen molar-refractivity contribution in [1.29, 1.82) is 0 Å². The smallest absolute Gasteiger partial charge is 0.338 e. The van der Waals surface area contributed by atoms with Gasteiger partial charge in [-0.25, -0.2) is 4.79 Å². The van der Waals surface area contributed by atoms with Crippen LogP contribution in [0.3, 0.4) is 0 Å². The molecule has 0 saturated heterocycles. The van der Waals surface area contributed by atoms with E-state index in [-0.39, 0.29) is 6.61 Å². The number of carboxylic acid groups (broad SMARTS) is 1. The highest BCUT2D eigenvalue weighted by Gasteiger charge is 2.14. The number of esters is 1. The van der Waals surface area contributed by atoms with Crippen molar-refractivity contribution >= 4 is 11.9 Å². The normalized spacial score (nSPS) is 11.8. The molecule has 0 bridgehead atoms. The van der Waals surface area contributed by atoms with E-state index in [2.05, 4.69) is 0 Å². The van der Waals surface area contributed by atoms with Gasteiger partial charge in [0.2, 0.25) is 0 Å². The number of hydrogen-bond acceptors (Lipinski definition) is 3. The van der Waals surface area contributed by atoms with Crippen molar-refractivity contribution in [3.05, 3.63) is 35.9 Å². The minimum absolute atomic E-state index is 0.108. The fourth-order valence-electron chi connectivity index (χ4n) is 0.930. The summed E-state index contributed by atoms with van der Waals surface area (Å²) in [4.78, 5) is 21.8. The van der Waals surface area contributed by atoms with Crippen LogP contribution in [0, 0.1) is 5.92 Å². The molecule has 1 N–H and O–H groups in total. The number of hydrogen-bond donors (Lipinski definition) is 1. The Bertz CT molecular complexity index is 345. The van der Waals surface area contributed by atoms with Crippen LogP contribution in [-0.4, -0.2) is 23.7 Å². The van der Waals surface area contributed by atoms with Gasteiger partial charge in [-0.3, -0.25) is 4.79 Å². The lowest BCUT2D eigenvalue weighted by atomic mass is 10.2. The minimum Gasteiger partial charge on any atom is -0.481 e. The molecule has 0 aliphatic rings. The van der Waals surface area contributed by atoms with Gasteiger partial charge in [-0.2, -0.15) is 0 Å². The van der Waals surface area contributed by atoms with Gasteiger partial charge >= 0.3 is 11.9 Å². The number of benzene rings is 1. The molecule has 0 aromatic heterocycles. The van der Waals surface area contributed by atoms with Crippen LogP contribution in [-0.2, 0) is 9.53 Å². The van der Waals surface area contributed by atoms with E-state index in [0.717, 1.165) is 0 Å². The molecule has 4 heteroatoms. The van der Waals surface area contributed by atoms with Crippen LogP contribution in [0.25, 0.3) is 0 Å². The zero-order chi connectivity index (χ0) is 11.3. The van der Waals surface area contributed by atoms with Gasteiger partial charge in [0, 0.05) is 0 Å². The number of ether oxygens (including phenoxy) is 1. The molecule has 0 spiro atoms. The van der Waals surface area contributed by atoms with Gasteiger partial charge in [0.15, 0.2) is 0 Å². The number of rotatable bonds is 4. The van der Waals surface area contributed by atoms with Crippen LogP contribution in [0.15, 0.2) is 30.3 Å². The first kappa shape index (κ1) is 11.2. The Morgan fingerprint density at radius 3 is 2.47 bits per heavy atom. The highest BCUT2D eigenvalue weighted by Crippen LogP contribution is 2.03. The summed E-state index contributed by atoms with van der Waals surface area (Å²) in [6.45, 7) is 1.38. The second-order valence-electron chi connectivity index (χ2n) is 3.20. The maximum Gasteiger partial charge on any atom is 0.338 e. The summed E-state index contributed by atoms with van der Waals surface area (Å²) >= 11 is 0. The zero-order valence-corrected chi connectivity index (χ0v) is 8.34. The number of carbonyl (C=O) groups excluding carboxylic acids is 1. The SMILES string of the molecule is C[C@H](COC(=O)c1ccccc1)C(=O)O. The van der Waals surface area contributed by atoms with Crippen LogP contribution >= 0.6 is 0 Å². The Balaban J connectivity index is 2.47. The van der Waals surface area contributed by atoms with Gasteiger partial charge in [-0.1, -0.05) is 18.2 Å². The number of carboxylic acids is 1. The Morgan fingerprint density at radius 2 is 1.93 bits per heavy atom. The summed E-state index contributed by atoms with van der Waals surface area (Å²) in [5.41, 5.74) is 0.426. The van der Waals surface area contributed by atoms with E-state index >= 15 is 0 Å². The maximum absolute atomic E-state index is 11.4. The molecule has 1 aromatic carbocycles. The van der Waals surface area contributed by atoms with E-state index in [1.54, 1.807) is 30.3 Å². The molecule has 4 nitrogen and oxygen atoms in total. The third-order valence-electron chi connectivity index (χ3n) is 1.90. The Labute approximate surface area is 87.5 Å². The van der Waals surface area contributed by atoms with E-state index in [4.69, 9.17) is 9.84 Å². The molecule has 15 heavy (non-hydrogen) atoms. The van der Waals surface area contributed by atoms with Crippen molar-refractivity contribution in [2.24, 2.45) is 5.92 Å². The number of aliphatic carboxylic acids is 1. The topological polar surface area (TPSA) is 63.6 Å². The third kappa shape index (κ3) is 3.42. The summed E-state index contributed by atoms with van der Waals surface area (Å²) in [7, 11) is 0. The van der Waals surface area contributed by atoms with Gasteiger partial charge in [0.05, 0.1) is 11.5 Å². The highest BCUT2D eigenvalue weighted by atomic mass is 16.5. The van der Waals surface area contributed by atoms with E-state index in [9.17, 15) is 9.59 Å². The van der Waals surface area contributed by atoms with E-state index in [1.165, 1.54) is 6.92 Å². The molecule has 0 saturated carbocycles. The molecule has 1 rings (SSSR count). The largest absolute Gasteiger partial charge is 0.481 e. The molecule has 1 atom stereocenters. The lowest BCUT2D eigenvalue weighted by Gasteiger charge is -2.07. The van der Waals surface area contributed by atoms with Crippen molar-refractivity contribution < 1.29 is 19.4 Å². The molecule has 0 aliphatic carbocycles. The molecule has 0 radical (unpaired) electrons. The second-order valence-corrected chi connectivity index (χ2v) is 3.20. The summed E-state index contributed by atoms with van der Waals surface area (Å²) in [6, 6.07) is 8.46. The summed E-state index contributed by atoms with van der Waals surface area (Å²) in [6.07, 6.45) is 0. The Hall–Kier alpha value is -1.84. The van der Waals surface area contributed by atoms with Crippen LogP contribution in [0.4, 0.5) is 0 Å². The van der Waals surface area contributed by atoms with Gasteiger partial charge in [-0.15, -0.1) is 0 Å². The average molecular weight is 208 g/mol. The van der Waals surface area contributed by atoms with Crippen molar-refractivity contribution in [3.8, 4) is 0 Å². The minimum atomic E-state index is -0.976. The van der Waals surface area contributed by atoms with Crippen LogP contribution in [0.2, 0.25) is 0 Å². The van der Waals surface area contributed by atoms with E-state index in [1.807, 2.05) is 0 Å². The van der Waals surface area contributed by atoms with Gasteiger partial charge in [0.1, 0.15) is 6.61 Å². The Kier molecular flexibility index (Phi) is 3.85. The van der Waals surface area contributed by atoms with Gasteiger partial charge < -0.3 is 9.84 Å².